The van der Waals surface area contributed by atoms with Gasteiger partial charge in [0.25, 0.3) is 0 Å². The van der Waals surface area contributed by atoms with E-state index in [-0.39, 0.29) is 5.69 Å². The molecule has 0 saturated carbocycles. The van der Waals surface area contributed by atoms with Crippen LogP contribution in [0.25, 0.3) is 0 Å². The number of hydrogen-bond acceptors (Lipinski definition) is 6. The molecule has 0 aromatic carbocycles. The molecule has 1 fully saturated rings. The van der Waals surface area contributed by atoms with Gasteiger partial charge in [0.15, 0.2) is 10.8 Å². The van der Waals surface area contributed by atoms with Crippen LogP contribution in [0.5, 0.6) is 0 Å². The number of anilines is 1. The molecular weight excluding hydrogens is 256 g/mol. The van der Waals surface area contributed by atoms with Crippen molar-refractivity contribution >= 4 is 28.4 Å². The molecule has 6 nitrogen and oxygen atoms in total. The molecule has 18 heavy (non-hydrogen) atoms. The first-order valence-electron chi connectivity index (χ1n) is 5.59. The largest absolute Gasteiger partial charge is 0.480 e. The van der Waals surface area contributed by atoms with Crippen LogP contribution in [0.4, 0.5) is 5.13 Å². The highest BCUT2D eigenvalue weighted by Gasteiger charge is 2.33. The number of carboxylic acids is 1. The number of esters is 1. The maximum Gasteiger partial charge on any atom is 0.357 e. The molecule has 0 radical (unpaired) electrons. The number of aryl methyl sites for hydroxylation is 1. The highest BCUT2D eigenvalue weighted by atomic mass is 32.1. The summed E-state index contributed by atoms with van der Waals surface area (Å²) in [7, 11) is 1.30. The molecule has 0 spiro atoms. The lowest BCUT2D eigenvalue weighted by Crippen LogP contribution is -2.35. The first kappa shape index (κ1) is 12.8. The van der Waals surface area contributed by atoms with Gasteiger partial charge in [-0.3, -0.25) is 0 Å². The van der Waals surface area contributed by atoms with Crippen molar-refractivity contribution in [3.05, 3.63) is 10.6 Å². The summed E-state index contributed by atoms with van der Waals surface area (Å²) in [6.45, 7) is 2.43. The number of rotatable bonds is 3. The van der Waals surface area contributed by atoms with E-state index in [0.29, 0.717) is 18.1 Å². The third kappa shape index (κ3) is 2.17. The fourth-order valence-corrected chi connectivity index (χ4v) is 3.02. The fourth-order valence-electron chi connectivity index (χ4n) is 2.04. The van der Waals surface area contributed by atoms with E-state index < -0.39 is 18.0 Å². The molecule has 0 aliphatic carbocycles. The number of aliphatic carboxylic acids is 1. The van der Waals surface area contributed by atoms with E-state index in [1.165, 1.54) is 18.4 Å². The van der Waals surface area contributed by atoms with Crippen LogP contribution in [0.2, 0.25) is 0 Å². The van der Waals surface area contributed by atoms with E-state index in [9.17, 15) is 9.59 Å². The number of thiazole rings is 1. The number of aromatic nitrogens is 1. The number of carbonyl (C=O) groups is 2. The number of methoxy groups -OCH3 is 1. The summed E-state index contributed by atoms with van der Waals surface area (Å²) in [6.07, 6.45) is 1.44. The Bertz CT molecular complexity index is 485. The molecule has 2 rings (SSSR count). The average Bonchev–Trinajstić information content (AvgIpc) is 2.93. The highest BCUT2D eigenvalue weighted by molar-refractivity contribution is 7.15. The van der Waals surface area contributed by atoms with Gasteiger partial charge < -0.3 is 14.7 Å². The molecular formula is C11H14N2O4S. The van der Waals surface area contributed by atoms with Gasteiger partial charge in [-0.25, -0.2) is 14.6 Å². The van der Waals surface area contributed by atoms with Crippen molar-refractivity contribution in [1.29, 1.82) is 0 Å². The summed E-state index contributed by atoms with van der Waals surface area (Å²) in [6, 6.07) is -0.541. The van der Waals surface area contributed by atoms with Crippen LogP contribution < -0.4 is 4.90 Å². The van der Waals surface area contributed by atoms with Gasteiger partial charge in [0.05, 0.1) is 7.11 Å². The van der Waals surface area contributed by atoms with Crippen molar-refractivity contribution in [3.8, 4) is 0 Å². The monoisotopic (exact) mass is 270 g/mol. The highest BCUT2D eigenvalue weighted by Crippen LogP contribution is 2.31. The summed E-state index contributed by atoms with van der Waals surface area (Å²) in [4.78, 5) is 29.3. The molecule has 1 N–H and O–H groups in total. The number of ether oxygens (including phenoxy) is 1. The molecule has 7 heteroatoms. The second kappa shape index (κ2) is 4.93. The lowest BCUT2D eigenvalue weighted by atomic mass is 10.2. The van der Waals surface area contributed by atoms with E-state index in [1.807, 2.05) is 0 Å². The molecule has 98 valence electrons. The summed E-state index contributed by atoms with van der Waals surface area (Å²) in [5.41, 5.74) is 0.272. The van der Waals surface area contributed by atoms with E-state index in [0.717, 1.165) is 11.3 Å². The van der Waals surface area contributed by atoms with Gasteiger partial charge in [0.2, 0.25) is 0 Å². The predicted molar refractivity (Wildman–Crippen MR) is 66.2 cm³/mol. The van der Waals surface area contributed by atoms with Crippen molar-refractivity contribution in [2.75, 3.05) is 18.6 Å². The van der Waals surface area contributed by atoms with Crippen LogP contribution in [-0.4, -0.2) is 41.7 Å². The number of carboxylic acid groups (broad SMARTS) is 1. The molecule has 1 aliphatic rings. The van der Waals surface area contributed by atoms with E-state index in [4.69, 9.17) is 5.11 Å². The standard InChI is InChI=1S/C11H14N2O4S/c1-6-8(10(16)17-2)12-11(18-6)13-5-3-4-7(13)9(14)15/h7H,3-5H2,1-2H3,(H,14,15)/t7-/m1/s1. The minimum Gasteiger partial charge on any atom is -0.480 e. The summed E-state index contributed by atoms with van der Waals surface area (Å²) in [5.74, 6) is -1.33. The van der Waals surface area contributed by atoms with E-state index in [1.54, 1.807) is 11.8 Å². The normalized spacial score (nSPS) is 19.0. The van der Waals surface area contributed by atoms with Gasteiger partial charge in [-0.1, -0.05) is 0 Å². The predicted octanol–water partition coefficient (Wildman–Crippen LogP) is 1.29. The maximum absolute atomic E-state index is 11.5. The molecule has 0 unspecified atom stereocenters. The van der Waals surface area contributed by atoms with Gasteiger partial charge in [0.1, 0.15) is 6.04 Å². The van der Waals surface area contributed by atoms with Crippen molar-refractivity contribution in [1.82, 2.24) is 4.98 Å². The Balaban J connectivity index is 2.29. The molecule has 1 atom stereocenters. The Morgan fingerprint density at radius 2 is 2.28 bits per heavy atom. The average molecular weight is 270 g/mol. The Labute approximate surface area is 108 Å². The smallest absolute Gasteiger partial charge is 0.357 e. The van der Waals surface area contributed by atoms with Gasteiger partial charge in [0, 0.05) is 11.4 Å². The van der Waals surface area contributed by atoms with E-state index >= 15 is 0 Å². The van der Waals surface area contributed by atoms with Crippen molar-refractivity contribution in [2.45, 2.75) is 25.8 Å². The summed E-state index contributed by atoms with van der Waals surface area (Å²) < 4.78 is 4.64. The number of carbonyl (C=O) groups excluding carboxylic acids is 1. The molecule has 1 aromatic heterocycles. The SMILES string of the molecule is COC(=O)c1nc(N2CCC[C@@H]2C(=O)O)sc1C. The van der Waals surface area contributed by atoms with Crippen LogP contribution in [0.1, 0.15) is 28.2 Å². The van der Waals surface area contributed by atoms with Crippen molar-refractivity contribution in [2.24, 2.45) is 0 Å². The summed E-state index contributed by atoms with van der Waals surface area (Å²) in [5, 5.41) is 9.70. The topological polar surface area (TPSA) is 79.7 Å². The number of nitrogens with zero attached hydrogens (tertiary/aromatic N) is 2. The van der Waals surface area contributed by atoms with Crippen LogP contribution in [-0.2, 0) is 9.53 Å². The molecule has 1 aliphatic heterocycles. The van der Waals surface area contributed by atoms with E-state index in [2.05, 4.69) is 9.72 Å². The van der Waals surface area contributed by atoms with Crippen LogP contribution in [0.15, 0.2) is 0 Å². The minimum absolute atomic E-state index is 0.272. The third-order valence-electron chi connectivity index (χ3n) is 2.95. The molecule has 0 amide bonds. The minimum atomic E-state index is -0.847. The lowest BCUT2D eigenvalue weighted by Gasteiger charge is -2.19. The zero-order valence-corrected chi connectivity index (χ0v) is 11.0. The Kier molecular flexibility index (Phi) is 3.51. The Morgan fingerprint density at radius 1 is 1.56 bits per heavy atom. The quantitative estimate of drug-likeness (QED) is 0.834. The van der Waals surface area contributed by atoms with Crippen molar-refractivity contribution < 1.29 is 19.4 Å². The first-order valence-corrected chi connectivity index (χ1v) is 6.41. The number of hydrogen-bond donors (Lipinski definition) is 1. The zero-order valence-electron chi connectivity index (χ0n) is 10.2. The van der Waals surface area contributed by atoms with Crippen LogP contribution >= 0.6 is 11.3 Å². The fraction of sp³-hybridized carbons (Fsp3) is 0.545. The van der Waals surface area contributed by atoms with Crippen LogP contribution in [0, 0.1) is 6.92 Å². The second-order valence-electron chi connectivity index (χ2n) is 4.08. The molecule has 2 heterocycles. The zero-order chi connectivity index (χ0) is 13.3. The summed E-state index contributed by atoms with van der Waals surface area (Å²) >= 11 is 1.33. The van der Waals surface area contributed by atoms with Gasteiger partial charge in [-0.2, -0.15) is 0 Å². The molecule has 1 aromatic rings. The van der Waals surface area contributed by atoms with Gasteiger partial charge in [-0.05, 0) is 19.8 Å². The molecule has 1 saturated heterocycles. The Hall–Kier alpha value is -1.63. The van der Waals surface area contributed by atoms with Gasteiger partial charge in [-0.15, -0.1) is 11.3 Å². The molecule has 0 bridgehead atoms. The van der Waals surface area contributed by atoms with Crippen LogP contribution in [0.3, 0.4) is 0 Å². The lowest BCUT2D eigenvalue weighted by molar-refractivity contribution is -0.138. The van der Waals surface area contributed by atoms with Gasteiger partial charge >= 0.3 is 11.9 Å². The third-order valence-corrected chi connectivity index (χ3v) is 3.96. The van der Waals surface area contributed by atoms with Crippen molar-refractivity contribution in [3.63, 3.8) is 0 Å². The first-order chi connectivity index (χ1) is 8.54. The second-order valence-corrected chi connectivity index (χ2v) is 5.26. The maximum atomic E-state index is 11.5. The Morgan fingerprint density at radius 3 is 2.89 bits per heavy atom.